The van der Waals surface area contributed by atoms with Gasteiger partial charge in [0.05, 0.1) is 0 Å². The Morgan fingerprint density at radius 3 is 2.60 bits per heavy atom. The van der Waals surface area contributed by atoms with Crippen molar-refractivity contribution in [2.45, 2.75) is 31.5 Å². The molecule has 0 saturated heterocycles. The van der Waals surface area contributed by atoms with Gasteiger partial charge in [0.15, 0.2) is 5.78 Å². The third kappa shape index (κ3) is 3.16. The smallest absolute Gasteiger partial charge is 0.215 e. The summed E-state index contributed by atoms with van der Waals surface area (Å²) in [7, 11) is 4.04. The second kappa shape index (κ2) is 7.45. The number of hydrogen-bond donors (Lipinski definition) is 2. The number of ketones is 1. The lowest BCUT2D eigenvalue weighted by Gasteiger charge is -2.39. The highest BCUT2D eigenvalue weighted by molar-refractivity contribution is 6.31. The number of aliphatic imine (C=N–C) groups is 1. The minimum Gasteiger partial charge on any atom is -0.378 e. The molecule has 2 N–H and O–H groups in total. The molecule has 0 saturated carbocycles. The molecule has 0 fully saturated rings. The summed E-state index contributed by atoms with van der Waals surface area (Å²) in [6, 6.07) is 15.9. The van der Waals surface area contributed by atoms with Crippen molar-refractivity contribution >= 4 is 29.0 Å². The number of halogens is 1. The van der Waals surface area contributed by atoms with E-state index in [2.05, 4.69) is 39.9 Å². The van der Waals surface area contributed by atoms with Gasteiger partial charge < -0.3 is 10.2 Å². The van der Waals surface area contributed by atoms with Crippen LogP contribution in [0, 0.1) is 0 Å². The Hall–Kier alpha value is -2.83. The molecule has 2 atom stereocenters. The van der Waals surface area contributed by atoms with Gasteiger partial charge in [0.1, 0.15) is 12.2 Å². The second-order valence-electron chi connectivity index (χ2n) is 8.06. The fourth-order valence-electron chi connectivity index (χ4n) is 4.38. The number of fused-ring (bicyclic) bond motifs is 1. The summed E-state index contributed by atoms with van der Waals surface area (Å²) in [4.78, 5) is 19.9. The Bertz CT molecular complexity index is 1060. The molecular weight excluding hydrogens is 398 g/mol. The molecule has 0 unspecified atom stereocenters. The van der Waals surface area contributed by atoms with Gasteiger partial charge in [0.2, 0.25) is 5.96 Å². The highest BCUT2D eigenvalue weighted by Gasteiger charge is 2.43. The highest BCUT2D eigenvalue weighted by atomic mass is 35.5. The van der Waals surface area contributed by atoms with Gasteiger partial charge in [0, 0.05) is 48.1 Å². The molecular formula is C23H24ClN5O. The van der Waals surface area contributed by atoms with E-state index in [1.165, 1.54) is 0 Å². The van der Waals surface area contributed by atoms with E-state index in [0.717, 1.165) is 46.9 Å². The first-order valence-corrected chi connectivity index (χ1v) is 10.6. The van der Waals surface area contributed by atoms with Crippen molar-refractivity contribution in [3.8, 4) is 0 Å². The summed E-state index contributed by atoms with van der Waals surface area (Å²) in [6.45, 7) is 0. The number of carbonyl (C=O) groups is 1. The molecule has 6 nitrogen and oxygen atoms in total. The molecule has 3 aliphatic rings. The van der Waals surface area contributed by atoms with Crippen LogP contribution in [0.4, 0.5) is 5.69 Å². The summed E-state index contributed by atoms with van der Waals surface area (Å²) in [5.41, 5.74) is 8.39. The van der Waals surface area contributed by atoms with Gasteiger partial charge in [-0.1, -0.05) is 41.9 Å². The number of hydrazine groups is 1. The minimum atomic E-state index is -0.304. The van der Waals surface area contributed by atoms with Crippen molar-refractivity contribution in [2.24, 2.45) is 4.99 Å². The van der Waals surface area contributed by atoms with Crippen LogP contribution in [0.25, 0.3) is 0 Å². The lowest BCUT2D eigenvalue weighted by molar-refractivity contribution is -0.116. The first-order valence-electron chi connectivity index (χ1n) is 10.2. The van der Waals surface area contributed by atoms with Gasteiger partial charge in [-0.15, -0.1) is 0 Å². The molecule has 2 aromatic rings. The van der Waals surface area contributed by atoms with Crippen LogP contribution in [0.1, 0.15) is 42.6 Å². The van der Waals surface area contributed by atoms with Gasteiger partial charge in [-0.05, 0) is 36.6 Å². The van der Waals surface area contributed by atoms with Crippen molar-refractivity contribution in [2.75, 3.05) is 19.0 Å². The van der Waals surface area contributed by atoms with E-state index >= 15 is 0 Å². The largest absolute Gasteiger partial charge is 0.378 e. The van der Waals surface area contributed by atoms with Crippen LogP contribution in [0.3, 0.4) is 0 Å². The van der Waals surface area contributed by atoms with Crippen molar-refractivity contribution < 1.29 is 4.79 Å². The fourth-order valence-corrected chi connectivity index (χ4v) is 4.62. The van der Waals surface area contributed by atoms with Crippen LogP contribution in [0.5, 0.6) is 0 Å². The number of rotatable bonds is 3. The van der Waals surface area contributed by atoms with Gasteiger partial charge in [-0.25, -0.2) is 10.4 Å². The third-order valence-electron chi connectivity index (χ3n) is 5.92. The van der Waals surface area contributed by atoms with Crippen molar-refractivity contribution in [1.82, 2.24) is 15.8 Å². The van der Waals surface area contributed by atoms with Gasteiger partial charge in [-0.3, -0.25) is 9.80 Å². The number of nitrogens with one attached hydrogen (secondary N) is 2. The Morgan fingerprint density at radius 1 is 1.10 bits per heavy atom. The van der Waals surface area contributed by atoms with Crippen LogP contribution >= 0.6 is 11.6 Å². The van der Waals surface area contributed by atoms with E-state index in [4.69, 9.17) is 16.6 Å². The van der Waals surface area contributed by atoms with Gasteiger partial charge in [-0.2, -0.15) is 0 Å². The molecule has 2 aliphatic heterocycles. The summed E-state index contributed by atoms with van der Waals surface area (Å²) >= 11 is 6.43. The van der Waals surface area contributed by atoms with Crippen LogP contribution in [0.15, 0.2) is 64.8 Å². The molecule has 30 heavy (non-hydrogen) atoms. The molecule has 0 bridgehead atoms. The zero-order valence-corrected chi connectivity index (χ0v) is 17.8. The summed E-state index contributed by atoms with van der Waals surface area (Å²) in [6.07, 6.45) is 2.00. The van der Waals surface area contributed by atoms with Gasteiger partial charge >= 0.3 is 0 Å². The van der Waals surface area contributed by atoms with E-state index in [0.29, 0.717) is 11.4 Å². The van der Waals surface area contributed by atoms with E-state index in [9.17, 15) is 4.79 Å². The van der Waals surface area contributed by atoms with E-state index in [1.54, 1.807) is 0 Å². The highest BCUT2D eigenvalue weighted by Crippen LogP contribution is 2.41. The number of Topliss-reactive ketones (excluding diaryl/α,β-unsaturated/α-hetero) is 1. The van der Waals surface area contributed by atoms with Gasteiger partial charge in [0.25, 0.3) is 0 Å². The van der Waals surface area contributed by atoms with E-state index < -0.39 is 0 Å². The number of carbonyl (C=O) groups excluding carboxylic acids is 1. The maximum atomic E-state index is 13.0. The van der Waals surface area contributed by atoms with Crippen LogP contribution in [0.2, 0.25) is 5.02 Å². The first-order chi connectivity index (χ1) is 14.5. The second-order valence-corrected chi connectivity index (χ2v) is 8.47. The predicted octanol–water partition coefficient (Wildman–Crippen LogP) is 3.93. The maximum absolute atomic E-state index is 13.0. The van der Waals surface area contributed by atoms with E-state index in [-0.39, 0.29) is 18.0 Å². The zero-order chi connectivity index (χ0) is 20.8. The number of guanidine groups is 1. The predicted molar refractivity (Wildman–Crippen MR) is 119 cm³/mol. The first kappa shape index (κ1) is 19.2. The molecule has 2 aromatic carbocycles. The number of hydrogen-bond acceptors (Lipinski definition) is 6. The lowest BCUT2D eigenvalue weighted by atomic mass is 9.85. The topological polar surface area (TPSA) is 60.0 Å². The minimum absolute atomic E-state index is 0.201. The molecule has 1 aliphatic carbocycles. The summed E-state index contributed by atoms with van der Waals surface area (Å²) < 4.78 is 0. The van der Waals surface area contributed by atoms with Crippen LogP contribution in [-0.2, 0) is 4.79 Å². The molecule has 154 valence electrons. The van der Waals surface area contributed by atoms with Crippen molar-refractivity contribution in [3.63, 3.8) is 0 Å². The quantitative estimate of drug-likeness (QED) is 0.786. The number of benzene rings is 2. The monoisotopic (exact) mass is 421 g/mol. The fraction of sp³-hybridized carbons (Fsp3) is 0.304. The lowest BCUT2D eigenvalue weighted by Crippen LogP contribution is -2.52. The zero-order valence-electron chi connectivity index (χ0n) is 17.0. The van der Waals surface area contributed by atoms with E-state index in [1.807, 2.05) is 43.4 Å². The average Bonchev–Trinajstić information content (AvgIpc) is 3.16. The third-order valence-corrected chi connectivity index (χ3v) is 6.26. The maximum Gasteiger partial charge on any atom is 0.215 e. The summed E-state index contributed by atoms with van der Waals surface area (Å²) in [5.74, 6) is 0.933. The molecule has 7 heteroatoms. The Labute approximate surface area is 181 Å². The average molecular weight is 422 g/mol. The SMILES string of the molecule is CN(C)c1ccc([C@H]2C3=C(CCCC3=O)NC3=N[C@H](c4ccccc4Cl)NN32)cc1. The molecule has 2 heterocycles. The molecule has 0 aromatic heterocycles. The van der Waals surface area contributed by atoms with Crippen LogP contribution in [-0.4, -0.2) is 30.8 Å². The Morgan fingerprint density at radius 2 is 1.87 bits per heavy atom. The molecule has 0 spiro atoms. The molecule has 5 rings (SSSR count). The van der Waals surface area contributed by atoms with Crippen molar-refractivity contribution in [1.29, 1.82) is 0 Å². The standard InChI is InChI=1S/C23H24ClN5O/c1-28(2)15-12-10-14(11-13-15)21-20-18(8-5-9-19(20)30)25-23-26-22(27-29(21)23)16-6-3-4-7-17(16)24/h3-4,6-7,10-13,21-22,27H,5,8-9H2,1-2H3,(H,25,26)/t21-,22-/m0/s1. The molecule has 0 radical (unpaired) electrons. The Balaban J connectivity index is 1.57. The summed E-state index contributed by atoms with van der Waals surface area (Å²) in [5, 5.41) is 6.07. The molecule has 0 amide bonds. The number of allylic oxidation sites excluding steroid dienone is 1. The normalized spacial score (nSPS) is 23.0. The van der Waals surface area contributed by atoms with Crippen molar-refractivity contribution in [3.05, 3.63) is 76.0 Å². The number of anilines is 1. The number of nitrogens with zero attached hydrogens (tertiary/aromatic N) is 3. The van der Waals surface area contributed by atoms with Crippen LogP contribution < -0.4 is 15.6 Å². The Kier molecular flexibility index (Phi) is 4.76.